The minimum atomic E-state index is -0.779. The van der Waals surface area contributed by atoms with Gasteiger partial charge in [0, 0.05) is 19.3 Å². The zero-order chi connectivity index (χ0) is 54.3. The molecule has 1 unspecified atom stereocenters. The van der Waals surface area contributed by atoms with Crippen LogP contribution in [0.5, 0.6) is 0 Å². The van der Waals surface area contributed by atoms with Gasteiger partial charge in [0.15, 0.2) is 6.10 Å². The van der Waals surface area contributed by atoms with Crippen LogP contribution in [0.25, 0.3) is 0 Å². The van der Waals surface area contributed by atoms with Crippen molar-refractivity contribution in [3.05, 3.63) is 85.1 Å². The zero-order valence-corrected chi connectivity index (χ0v) is 49.6. The number of hydrogen-bond acceptors (Lipinski definition) is 6. The summed E-state index contributed by atoms with van der Waals surface area (Å²) in [5, 5.41) is 0. The number of ether oxygens (including phenoxy) is 3. The lowest BCUT2D eigenvalue weighted by molar-refractivity contribution is -0.167. The largest absolute Gasteiger partial charge is 0.462 e. The summed E-state index contributed by atoms with van der Waals surface area (Å²) in [6, 6.07) is 0. The molecule has 0 radical (unpaired) electrons. The number of esters is 3. The van der Waals surface area contributed by atoms with E-state index in [1.165, 1.54) is 167 Å². The molecule has 0 aliphatic heterocycles. The highest BCUT2D eigenvalue weighted by molar-refractivity contribution is 5.71. The maximum atomic E-state index is 12.8. The number of allylic oxidation sites excluding steroid dienone is 14. The summed E-state index contributed by atoms with van der Waals surface area (Å²) in [6.07, 6.45) is 83.4. The second-order valence-corrected chi connectivity index (χ2v) is 21.3. The summed E-state index contributed by atoms with van der Waals surface area (Å²) < 4.78 is 16.8. The number of carbonyl (C=O) groups excluding carboxylic acids is 3. The summed E-state index contributed by atoms with van der Waals surface area (Å²) in [5.74, 6) is -0.886. The Balaban J connectivity index is 4.07. The fourth-order valence-electron chi connectivity index (χ4n) is 9.09. The van der Waals surface area contributed by atoms with E-state index in [9.17, 15) is 14.4 Å². The van der Waals surface area contributed by atoms with Crippen LogP contribution < -0.4 is 0 Å². The molecular weight excluding hydrogens is 925 g/mol. The van der Waals surface area contributed by atoms with Crippen LogP contribution in [0, 0.1) is 0 Å². The van der Waals surface area contributed by atoms with E-state index < -0.39 is 6.10 Å². The predicted molar refractivity (Wildman–Crippen MR) is 325 cm³/mol. The molecule has 1 atom stereocenters. The Bertz CT molecular complexity index is 1430. The molecule has 6 nitrogen and oxygen atoms in total. The number of unbranched alkanes of at least 4 members (excludes halogenated alkanes) is 33. The predicted octanol–water partition coefficient (Wildman–Crippen LogP) is 21.9. The Morgan fingerprint density at radius 1 is 0.280 bits per heavy atom. The van der Waals surface area contributed by atoms with Crippen LogP contribution >= 0.6 is 0 Å². The highest BCUT2D eigenvalue weighted by Crippen LogP contribution is 2.17. The van der Waals surface area contributed by atoms with Gasteiger partial charge in [0.1, 0.15) is 13.2 Å². The van der Waals surface area contributed by atoms with E-state index in [-0.39, 0.29) is 31.1 Å². The molecule has 0 aromatic rings. The second-order valence-electron chi connectivity index (χ2n) is 21.3. The molecular formula is C69H120O6. The van der Waals surface area contributed by atoms with Gasteiger partial charge >= 0.3 is 17.9 Å². The molecule has 0 rings (SSSR count). The normalized spacial score (nSPS) is 12.6. The van der Waals surface area contributed by atoms with Crippen molar-refractivity contribution < 1.29 is 28.6 Å². The van der Waals surface area contributed by atoms with Gasteiger partial charge in [-0.2, -0.15) is 0 Å². The Morgan fingerprint density at radius 2 is 0.520 bits per heavy atom. The highest BCUT2D eigenvalue weighted by Gasteiger charge is 2.19. The van der Waals surface area contributed by atoms with Gasteiger partial charge in [0.2, 0.25) is 0 Å². The lowest BCUT2D eigenvalue weighted by atomic mass is 10.0. The molecule has 432 valence electrons. The Kier molecular flexibility index (Phi) is 60.3. The lowest BCUT2D eigenvalue weighted by Gasteiger charge is -2.18. The first-order chi connectivity index (χ1) is 37.0. The van der Waals surface area contributed by atoms with Crippen LogP contribution in [0.4, 0.5) is 0 Å². The minimum absolute atomic E-state index is 0.0782. The summed E-state index contributed by atoms with van der Waals surface area (Å²) >= 11 is 0. The lowest BCUT2D eigenvalue weighted by Crippen LogP contribution is -2.30. The topological polar surface area (TPSA) is 78.9 Å². The van der Waals surface area contributed by atoms with Crippen LogP contribution in [0.3, 0.4) is 0 Å². The van der Waals surface area contributed by atoms with Crippen LogP contribution in [-0.4, -0.2) is 37.2 Å². The molecule has 0 fully saturated rings. The molecule has 0 saturated heterocycles. The third kappa shape index (κ3) is 61.3. The monoisotopic (exact) mass is 1040 g/mol. The first-order valence-electron chi connectivity index (χ1n) is 32.1. The highest BCUT2D eigenvalue weighted by atomic mass is 16.6. The van der Waals surface area contributed by atoms with Crippen molar-refractivity contribution in [1.29, 1.82) is 0 Å². The summed E-state index contributed by atoms with van der Waals surface area (Å²) in [7, 11) is 0. The Labute approximate surface area is 465 Å². The van der Waals surface area contributed by atoms with E-state index in [2.05, 4.69) is 106 Å². The van der Waals surface area contributed by atoms with E-state index in [1.807, 2.05) is 0 Å². The van der Waals surface area contributed by atoms with Crippen LogP contribution in [-0.2, 0) is 28.6 Å². The van der Waals surface area contributed by atoms with E-state index in [0.717, 1.165) is 109 Å². The molecule has 0 aromatic heterocycles. The minimum Gasteiger partial charge on any atom is -0.462 e. The Hall–Kier alpha value is -3.41. The van der Waals surface area contributed by atoms with Gasteiger partial charge in [-0.25, -0.2) is 0 Å². The van der Waals surface area contributed by atoms with Crippen LogP contribution in [0.1, 0.15) is 316 Å². The van der Waals surface area contributed by atoms with Gasteiger partial charge in [-0.15, -0.1) is 0 Å². The van der Waals surface area contributed by atoms with E-state index in [0.29, 0.717) is 19.3 Å². The molecule has 0 bridgehead atoms. The molecule has 0 N–H and O–H groups in total. The molecule has 0 amide bonds. The maximum absolute atomic E-state index is 12.8. The SMILES string of the molecule is CC/C=C\C/C=C\C/C=C\C/C=C\CCCCCCCCCCCCCCCCCCCCC(=O)OCC(COC(=O)CCCCCCCCC)OC(=O)CCCCCCCC/C=C\C/C=C\C/C=C\CCCCC. The van der Waals surface area contributed by atoms with Crippen molar-refractivity contribution in [2.24, 2.45) is 0 Å². The summed E-state index contributed by atoms with van der Waals surface area (Å²) in [6.45, 7) is 6.47. The van der Waals surface area contributed by atoms with Crippen molar-refractivity contribution in [2.75, 3.05) is 13.2 Å². The van der Waals surface area contributed by atoms with Gasteiger partial charge in [0.25, 0.3) is 0 Å². The van der Waals surface area contributed by atoms with Crippen LogP contribution in [0.2, 0.25) is 0 Å². The average Bonchev–Trinajstić information content (AvgIpc) is 3.41. The number of hydrogen-bond donors (Lipinski definition) is 0. The standard InChI is InChI=1S/C69H120O6/c1-4-7-10-13-16-18-20-22-24-26-28-29-30-31-32-33-34-35-36-37-38-39-41-42-44-46-48-50-53-56-59-62-68(71)74-65-66(64-73-67(70)61-58-55-52-15-12-9-6-3)75-69(72)63-60-57-54-51-49-47-45-43-40-27-25-23-21-19-17-14-11-8-5-2/h7,10,16-19,22-25,28-29,40,43,66H,4-6,8-9,11-15,20-21,26-27,30-39,41-42,44-65H2,1-3H3/b10-7-,18-16-,19-17-,24-22-,25-23-,29-28-,43-40-. The Morgan fingerprint density at radius 3 is 0.840 bits per heavy atom. The first-order valence-corrected chi connectivity index (χ1v) is 32.1. The molecule has 0 aliphatic rings. The fourth-order valence-corrected chi connectivity index (χ4v) is 9.09. The quantitative estimate of drug-likeness (QED) is 0.0261. The molecule has 0 aromatic carbocycles. The van der Waals surface area contributed by atoms with Gasteiger partial charge in [-0.05, 0) is 96.3 Å². The van der Waals surface area contributed by atoms with Gasteiger partial charge in [0.05, 0.1) is 0 Å². The van der Waals surface area contributed by atoms with Gasteiger partial charge < -0.3 is 14.2 Å². The second kappa shape index (κ2) is 63.1. The number of carbonyl (C=O) groups is 3. The van der Waals surface area contributed by atoms with Crippen molar-refractivity contribution in [3.8, 4) is 0 Å². The van der Waals surface area contributed by atoms with Gasteiger partial charge in [-0.1, -0.05) is 286 Å². The molecule has 75 heavy (non-hydrogen) atoms. The summed E-state index contributed by atoms with van der Waals surface area (Å²) in [5.41, 5.74) is 0. The van der Waals surface area contributed by atoms with Crippen molar-refractivity contribution in [1.82, 2.24) is 0 Å². The molecule has 6 heteroatoms. The first kappa shape index (κ1) is 71.6. The third-order valence-corrected chi connectivity index (χ3v) is 13.9. The summed E-state index contributed by atoms with van der Waals surface area (Å²) in [4.78, 5) is 38.1. The van der Waals surface area contributed by atoms with E-state index in [4.69, 9.17) is 14.2 Å². The third-order valence-electron chi connectivity index (χ3n) is 13.9. The molecule has 0 aliphatic carbocycles. The smallest absolute Gasteiger partial charge is 0.306 e. The fraction of sp³-hybridized carbons (Fsp3) is 0.754. The molecule has 0 heterocycles. The maximum Gasteiger partial charge on any atom is 0.306 e. The van der Waals surface area contributed by atoms with Crippen molar-refractivity contribution in [2.45, 2.75) is 322 Å². The average molecular weight is 1050 g/mol. The number of rotatable bonds is 58. The van der Waals surface area contributed by atoms with Crippen molar-refractivity contribution in [3.63, 3.8) is 0 Å². The van der Waals surface area contributed by atoms with E-state index in [1.54, 1.807) is 0 Å². The molecule has 0 spiro atoms. The molecule has 0 saturated carbocycles. The van der Waals surface area contributed by atoms with Gasteiger partial charge in [-0.3, -0.25) is 14.4 Å². The zero-order valence-electron chi connectivity index (χ0n) is 49.6. The van der Waals surface area contributed by atoms with Crippen molar-refractivity contribution >= 4 is 17.9 Å². The van der Waals surface area contributed by atoms with Crippen LogP contribution in [0.15, 0.2) is 85.1 Å². The van der Waals surface area contributed by atoms with E-state index >= 15 is 0 Å².